The highest BCUT2D eigenvalue weighted by Crippen LogP contribution is 2.08. The van der Waals surface area contributed by atoms with Gasteiger partial charge in [-0.25, -0.2) is 4.79 Å². The number of nitrogens with zero attached hydrogens (tertiary/aromatic N) is 1. The Bertz CT molecular complexity index is 713. The number of rotatable bonds is 4. The van der Waals surface area contributed by atoms with E-state index in [1.165, 1.54) is 16.8 Å². The van der Waals surface area contributed by atoms with Crippen molar-refractivity contribution in [2.24, 2.45) is 0 Å². The fraction of sp³-hybridized carbons (Fsp3) is 0.214. The number of hydrogen-bond donors (Lipinski definition) is 2. The van der Waals surface area contributed by atoms with Gasteiger partial charge in [0.1, 0.15) is 0 Å². The lowest BCUT2D eigenvalue weighted by Crippen LogP contribution is -2.29. The van der Waals surface area contributed by atoms with Gasteiger partial charge in [-0.05, 0) is 19.1 Å². The van der Waals surface area contributed by atoms with Gasteiger partial charge in [0.05, 0.1) is 0 Å². The number of aromatic amines is 1. The van der Waals surface area contributed by atoms with E-state index >= 15 is 0 Å². The third-order valence-electron chi connectivity index (χ3n) is 2.81. The summed E-state index contributed by atoms with van der Waals surface area (Å²) in [5, 5.41) is 2.74. The third-order valence-corrected chi connectivity index (χ3v) is 2.81. The second-order valence-electron chi connectivity index (χ2n) is 4.47. The molecule has 0 aliphatic heterocycles. The van der Waals surface area contributed by atoms with Crippen LogP contribution in [0, 0.1) is 6.92 Å². The largest absolute Gasteiger partial charge is 0.328 e. The van der Waals surface area contributed by atoms with E-state index in [2.05, 4.69) is 10.3 Å². The van der Waals surface area contributed by atoms with Crippen LogP contribution in [0.1, 0.15) is 12.0 Å². The standard InChI is InChI=1S/C14H15N3O3/c1-10-2-4-11(5-3-10)15-12(18)6-8-17-9-7-13(19)16-14(17)20/h2-5,7,9H,6,8H2,1H3,(H,15,18)(H,16,19,20). The Morgan fingerprint density at radius 1 is 1.20 bits per heavy atom. The van der Waals surface area contributed by atoms with E-state index in [-0.39, 0.29) is 18.9 Å². The molecule has 0 saturated carbocycles. The lowest BCUT2D eigenvalue weighted by molar-refractivity contribution is -0.116. The fourth-order valence-corrected chi connectivity index (χ4v) is 1.70. The Morgan fingerprint density at radius 3 is 2.55 bits per heavy atom. The molecule has 1 heterocycles. The van der Waals surface area contributed by atoms with E-state index in [4.69, 9.17) is 0 Å². The fourth-order valence-electron chi connectivity index (χ4n) is 1.70. The van der Waals surface area contributed by atoms with Crippen LogP contribution in [0.15, 0.2) is 46.1 Å². The van der Waals surface area contributed by atoms with Crippen LogP contribution in [-0.4, -0.2) is 15.5 Å². The molecule has 0 bridgehead atoms. The highest BCUT2D eigenvalue weighted by Gasteiger charge is 2.04. The van der Waals surface area contributed by atoms with Crippen molar-refractivity contribution in [1.29, 1.82) is 0 Å². The van der Waals surface area contributed by atoms with Gasteiger partial charge in [0.25, 0.3) is 5.56 Å². The van der Waals surface area contributed by atoms with Crippen LogP contribution in [0.25, 0.3) is 0 Å². The first-order chi connectivity index (χ1) is 9.54. The zero-order valence-corrected chi connectivity index (χ0v) is 11.1. The quantitative estimate of drug-likeness (QED) is 0.867. The molecule has 0 spiro atoms. The normalized spacial score (nSPS) is 10.2. The summed E-state index contributed by atoms with van der Waals surface area (Å²) in [5.74, 6) is -0.188. The maximum absolute atomic E-state index is 11.8. The van der Waals surface area contributed by atoms with Gasteiger partial charge >= 0.3 is 5.69 Å². The molecule has 2 rings (SSSR count). The highest BCUT2D eigenvalue weighted by molar-refractivity contribution is 5.90. The minimum Gasteiger partial charge on any atom is -0.326 e. The summed E-state index contributed by atoms with van der Waals surface area (Å²) in [6.45, 7) is 2.18. The molecule has 0 atom stereocenters. The first-order valence-electron chi connectivity index (χ1n) is 6.21. The maximum Gasteiger partial charge on any atom is 0.328 e. The summed E-state index contributed by atoms with van der Waals surface area (Å²) >= 11 is 0. The molecule has 0 aliphatic rings. The summed E-state index contributed by atoms with van der Waals surface area (Å²) in [6, 6.07) is 8.70. The van der Waals surface area contributed by atoms with Gasteiger partial charge in [-0.2, -0.15) is 0 Å². The average molecular weight is 273 g/mol. The van der Waals surface area contributed by atoms with Crippen LogP contribution in [0.2, 0.25) is 0 Å². The average Bonchev–Trinajstić information content (AvgIpc) is 2.40. The number of H-pyrrole nitrogens is 1. The number of amides is 1. The van der Waals surface area contributed by atoms with Crippen LogP contribution in [0.5, 0.6) is 0 Å². The Balaban J connectivity index is 1.93. The van der Waals surface area contributed by atoms with Crippen molar-refractivity contribution < 1.29 is 4.79 Å². The van der Waals surface area contributed by atoms with Gasteiger partial charge in [0.15, 0.2) is 0 Å². The molecule has 0 aliphatic carbocycles. The number of nitrogens with one attached hydrogen (secondary N) is 2. The zero-order valence-electron chi connectivity index (χ0n) is 11.1. The van der Waals surface area contributed by atoms with Crippen LogP contribution >= 0.6 is 0 Å². The minimum atomic E-state index is -0.513. The van der Waals surface area contributed by atoms with Gasteiger partial charge in [-0.3, -0.25) is 14.6 Å². The Kier molecular flexibility index (Phi) is 4.14. The molecule has 0 unspecified atom stereocenters. The maximum atomic E-state index is 11.8. The van der Waals surface area contributed by atoms with E-state index in [9.17, 15) is 14.4 Å². The summed E-state index contributed by atoms with van der Waals surface area (Å²) in [7, 11) is 0. The number of benzene rings is 1. The van der Waals surface area contributed by atoms with Crippen LogP contribution in [0.3, 0.4) is 0 Å². The second-order valence-corrected chi connectivity index (χ2v) is 4.47. The van der Waals surface area contributed by atoms with Gasteiger partial charge < -0.3 is 9.88 Å². The van der Waals surface area contributed by atoms with Gasteiger partial charge in [-0.1, -0.05) is 17.7 Å². The van der Waals surface area contributed by atoms with Crippen molar-refractivity contribution in [3.8, 4) is 0 Å². The lowest BCUT2D eigenvalue weighted by atomic mass is 10.2. The molecule has 6 heteroatoms. The number of aromatic nitrogens is 2. The summed E-state index contributed by atoms with van der Waals surface area (Å²) in [4.78, 5) is 36.2. The molecule has 1 amide bonds. The number of hydrogen-bond acceptors (Lipinski definition) is 3. The molecule has 6 nitrogen and oxygen atoms in total. The molecular weight excluding hydrogens is 258 g/mol. The van der Waals surface area contributed by atoms with E-state index in [1.807, 2.05) is 31.2 Å². The van der Waals surface area contributed by atoms with Gasteiger partial charge in [0, 0.05) is 30.9 Å². The van der Waals surface area contributed by atoms with Crippen LogP contribution in [-0.2, 0) is 11.3 Å². The number of aryl methyl sites for hydroxylation is 2. The number of anilines is 1. The first kappa shape index (κ1) is 13.8. The van der Waals surface area contributed by atoms with Crippen molar-refractivity contribution in [2.45, 2.75) is 19.9 Å². The SMILES string of the molecule is Cc1ccc(NC(=O)CCn2ccc(=O)[nH]c2=O)cc1. The third kappa shape index (κ3) is 3.68. The van der Waals surface area contributed by atoms with Crippen molar-refractivity contribution in [2.75, 3.05) is 5.32 Å². The lowest BCUT2D eigenvalue weighted by Gasteiger charge is -2.06. The van der Waals surface area contributed by atoms with Crippen molar-refractivity contribution in [1.82, 2.24) is 9.55 Å². The predicted molar refractivity (Wildman–Crippen MR) is 75.7 cm³/mol. The molecule has 20 heavy (non-hydrogen) atoms. The minimum absolute atomic E-state index is 0.153. The Hall–Kier alpha value is -2.63. The first-order valence-corrected chi connectivity index (χ1v) is 6.21. The molecule has 2 N–H and O–H groups in total. The van der Waals surface area contributed by atoms with Crippen molar-refractivity contribution in [3.05, 3.63) is 62.9 Å². The topological polar surface area (TPSA) is 84.0 Å². The molecule has 0 fully saturated rings. The van der Waals surface area contributed by atoms with Crippen molar-refractivity contribution in [3.63, 3.8) is 0 Å². The Labute approximate surface area is 115 Å². The Morgan fingerprint density at radius 2 is 1.90 bits per heavy atom. The predicted octanol–water partition coefficient (Wildman–Crippen LogP) is 0.874. The molecular formula is C14H15N3O3. The van der Waals surface area contributed by atoms with Crippen LogP contribution in [0.4, 0.5) is 5.69 Å². The molecule has 104 valence electrons. The zero-order chi connectivity index (χ0) is 14.5. The van der Waals surface area contributed by atoms with E-state index in [0.717, 1.165) is 11.3 Å². The monoisotopic (exact) mass is 273 g/mol. The smallest absolute Gasteiger partial charge is 0.326 e. The van der Waals surface area contributed by atoms with E-state index < -0.39 is 11.2 Å². The summed E-state index contributed by atoms with van der Waals surface area (Å²) in [5.41, 5.74) is 0.869. The summed E-state index contributed by atoms with van der Waals surface area (Å²) in [6.07, 6.45) is 1.53. The molecule has 0 radical (unpaired) electrons. The van der Waals surface area contributed by atoms with E-state index in [0.29, 0.717) is 0 Å². The second kappa shape index (κ2) is 6.01. The molecule has 2 aromatic rings. The molecule has 1 aromatic heterocycles. The number of carbonyl (C=O) groups is 1. The van der Waals surface area contributed by atoms with Gasteiger partial charge in [0.2, 0.25) is 5.91 Å². The van der Waals surface area contributed by atoms with E-state index in [1.54, 1.807) is 0 Å². The number of carbonyl (C=O) groups excluding carboxylic acids is 1. The van der Waals surface area contributed by atoms with Gasteiger partial charge in [-0.15, -0.1) is 0 Å². The highest BCUT2D eigenvalue weighted by atomic mass is 16.2. The van der Waals surface area contributed by atoms with Crippen LogP contribution < -0.4 is 16.6 Å². The van der Waals surface area contributed by atoms with Crippen molar-refractivity contribution >= 4 is 11.6 Å². The molecule has 1 aromatic carbocycles. The molecule has 0 saturated heterocycles. The summed E-state index contributed by atoms with van der Waals surface area (Å²) < 4.78 is 1.29.